The average molecular weight is 558 g/mol. The Kier molecular flexibility index (Phi) is 12.6. The second-order valence-corrected chi connectivity index (χ2v) is 8.80. The summed E-state index contributed by atoms with van der Waals surface area (Å²) in [4.78, 5) is 16.9. The van der Waals surface area contributed by atoms with E-state index in [4.69, 9.17) is 4.99 Å². The predicted octanol–water partition coefficient (Wildman–Crippen LogP) is 3.16. The third kappa shape index (κ3) is 8.67. The number of halogens is 1. The van der Waals surface area contributed by atoms with Crippen LogP contribution in [0.1, 0.15) is 52.0 Å². The summed E-state index contributed by atoms with van der Waals surface area (Å²) in [6.45, 7) is 17.1. The number of pyridine rings is 1. The Balaban J connectivity index is 0.00000363. The van der Waals surface area contributed by atoms with Gasteiger partial charge in [-0.1, -0.05) is 13.3 Å². The number of likely N-dealkylation sites (tertiary alicyclic amines) is 1. The number of piperazine rings is 1. The first-order valence-corrected chi connectivity index (χ1v) is 12.4. The quantitative estimate of drug-likeness (QED) is 0.211. The summed E-state index contributed by atoms with van der Waals surface area (Å²) in [7, 11) is 0. The molecule has 8 heteroatoms. The Hall–Kier alpha value is -1.13. The van der Waals surface area contributed by atoms with E-state index < -0.39 is 0 Å². The summed E-state index contributed by atoms with van der Waals surface area (Å²) in [5.74, 6) is 1.99. The van der Waals surface area contributed by atoms with E-state index in [9.17, 15) is 0 Å². The van der Waals surface area contributed by atoms with E-state index in [2.05, 4.69) is 63.2 Å². The van der Waals surface area contributed by atoms with Gasteiger partial charge in [0.1, 0.15) is 5.82 Å². The van der Waals surface area contributed by atoms with Crippen LogP contribution in [0.4, 0.5) is 5.82 Å². The lowest BCUT2D eigenvalue weighted by atomic mass is 10.0. The largest absolute Gasteiger partial charge is 0.357 e. The highest BCUT2D eigenvalue weighted by atomic mass is 127. The molecule has 2 fully saturated rings. The molecule has 1 atom stereocenters. The Morgan fingerprint density at radius 1 is 1.12 bits per heavy atom. The molecule has 0 saturated carbocycles. The third-order valence-corrected chi connectivity index (χ3v) is 6.57. The first-order valence-electron chi connectivity index (χ1n) is 12.4. The second-order valence-electron chi connectivity index (χ2n) is 8.80. The summed E-state index contributed by atoms with van der Waals surface area (Å²) >= 11 is 0. The van der Waals surface area contributed by atoms with Crippen LogP contribution in [-0.4, -0.2) is 85.7 Å². The number of likely N-dealkylation sites (N-methyl/N-ethyl adjacent to an activating group) is 1. The molecule has 1 aromatic rings. The molecule has 7 nitrogen and oxygen atoms in total. The predicted molar refractivity (Wildman–Crippen MR) is 146 cm³/mol. The van der Waals surface area contributed by atoms with Crippen molar-refractivity contribution in [1.82, 2.24) is 25.4 Å². The average Bonchev–Trinajstić information content (AvgIpc) is 2.81. The van der Waals surface area contributed by atoms with Crippen molar-refractivity contribution in [2.45, 2.75) is 59.0 Å². The molecule has 3 rings (SSSR count). The monoisotopic (exact) mass is 557 g/mol. The van der Waals surface area contributed by atoms with Crippen molar-refractivity contribution in [3.05, 3.63) is 23.9 Å². The number of hydrogen-bond acceptors (Lipinski definition) is 5. The summed E-state index contributed by atoms with van der Waals surface area (Å²) in [6, 6.07) is 5.02. The van der Waals surface area contributed by atoms with E-state index in [1.165, 1.54) is 37.9 Å². The molecule has 0 amide bonds. The molecule has 1 unspecified atom stereocenters. The fourth-order valence-electron chi connectivity index (χ4n) is 4.52. The molecule has 0 radical (unpaired) electrons. The van der Waals surface area contributed by atoms with E-state index in [-0.39, 0.29) is 24.0 Å². The molecular formula is C24H44IN7. The first-order chi connectivity index (χ1) is 15.2. The first kappa shape index (κ1) is 27.1. The molecule has 32 heavy (non-hydrogen) atoms. The SMILES string of the molecule is CCNC(=NCc1ccnc(N2CCN(CC)CC2)c1)NCCCN1CCCCC1C.I. The van der Waals surface area contributed by atoms with Gasteiger partial charge in [-0.15, -0.1) is 24.0 Å². The number of aromatic nitrogens is 1. The van der Waals surface area contributed by atoms with Gasteiger partial charge in [0.2, 0.25) is 0 Å². The van der Waals surface area contributed by atoms with Gasteiger partial charge in [0.25, 0.3) is 0 Å². The standard InChI is InChI=1S/C24H43N7.HI/c1-4-25-24(27-11-8-14-30-13-7-6-9-21(30)3)28-20-22-10-12-26-23(19-22)31-17-15-29(5-2)16-18-31;/h10,12,19,21H,4-9,11,13-18,20H2,1-3H3,(H2,25,27,28);1H. The van der Waals surface area contributed by atoms with E-state index in [0.29, 0.717) is 6.54 Å². The number of piperidine rings is 1. The zero-order valence-corrected chi connectivity index (χ0v) is 22.7. The maximum absolute atomic E-state index is 4.82. The van der Waals surface area contributed by atoms with Crippen LogP contribution in [0.15, 0.2) is 23.3 Å². The number of guanidine groups is 1. The molecule has 2 N–H and O–H groups in total. The van der Waals surface area contributed by atoms with Gasteiger partial charge in [0, 0.05) is 58.1 Å². The molecule has 182 valence electrons. The molecule has 0 bridgehead atoms. The summed E-state index contributed by atoms with van der Waals surface area (Å²) in [6.07, 6.45) is 7.16. The van der Waals surface area contributed by atoms with Crippen molar-refractivity contribution in [1.29, 1.82) is 0 Å². The smallest absolute Gasteiger partial charge is 0.191 e. The van der Waals surface area contributed by atoms with Gasteiger partial charge >= 0.3 is 0 Å². The second kappa shape index (κ2) is 14.9. The molecule has 3 heterocycles. The Labute approximate surface area is 212 Å². The lowest BCUT2D eigenvalue weighted by Crippen LogP contribution is -2.46. The van der Waals surface area contributed by atoms with Crippen LogP contribution in [0, 0.1) is 0 Å². The molecule has 0 spiro atoms. The number of nitrogens with zero attached hydrogens (tertiary/aromatic N) is 5. The summed E-state index contributed by atoms with van der Waals surface area (Å²) < 4.78 is 0. The Bertz CT molecular complexity index is 676. The van der Waals surface area contributed by atoms with Crippen LogP contribution in [0.25, 0.3) is 0 Å². The van der Waals surface area contributed by atoms with Gasteiger partial charge in [-0.05, 0) is 63.9 Å². The molecule has 2 aliphatic heterocycles. The molecule has 0 aromatic carbocycles. The third-order valence-electron chi connectivity index (χ3n) is 6.57. The molecule has 2 aliphatic rings. The fourth-order valence-corrected chi connectivity index (χ4v) is 4.52. The van der Waals surface area contributed by atoms with Crippen LogP contribution in [-0.2, 0) is 6.54 Å². The minimum Gasteiger partial charge on any atom is -0.357 e. The van der Waals surface area contributed by atoms with E-state index in [1.807, 2.05) is 6.20 Å². The number of nitrogens with one attached hydrogen (secondary N) is 2. The lowest BCUT2D eigenvalue weighted by Gasteiger charge is -2.34. The number of rotatable bonds is 9. The van der Waals surface area contributed by atoms with Crippen LogP contribution >= 0.6 is 24.0 Å². The van der Waals surface area contributed by atoms with Crippen molar-refractivity contribution in [2.24, 2.45) is 4.99 Å². The lowest BCUT2D eigenvalue weighted by molar-refractivity contribution is 0.159. The van der Waals surface area contributed by atoms with Crippen molar-refractivity contribution < 1.29 is 0 Å². The zero-order valence-electron chi connectivity index (χ0n) is 20.4. The molecule has 2 saturated heterocycles. The van der Waals surface area contributed by atoms with Gasteiger partial charge in [0.05, 0.1) is 6.54 Å². The Morgan fingerprint density at radius 2 is 1.94 bits per heavy atom. The van der Waals surface area contributed by atoms with Crippen LogP contribution in [0.3, 0.4) is 0 Å². The fraction of sp³-hybridized carbons (Fsp3) is 0.750. The summed E-state index contributed by atoms with van der Waals surface area (Å²) in [5.41, 5.74) is 1.21. The minimum atomic E-state index is 0. The van der Waals surface area contributed by atoms with Crippen LogP contribution < -0.4 is 15.5 Å². The van der Waals surface area contributed by atoms with Crippen LogP contribution in [0.2, 0.25) is 0 Å². The number of aliphatic imine (C=N–C) groups is 1. The maximum atomic E-state index is 4.82. The normalized spacial score (nSPS) is 20.7. The molecule has 1 aromatic heterocycles. The number of anilines is 1. The van der Waals surface area contributed by atoms with Crippen molar-refractivity contribution in [3.63, 3.8) is 0 Å². The van der Waals surface area contributed by atoms with Gasteiger partial charge < -0.3 is 25.3 Å². The van der Waals surface area contributed by atoms with Crippen molar-refractivity contribution >= 4 is 35.8 Å². The Morgan fingerprint density at radius 3 is 2.66 bits per heavy atom. The van der Waals surface area contributed by atoms with Crippen molar-refractivity contribution in [2.75, 3.05) is 63.8 Å². The van der Waals surface area contributed by atoms with E-state index in [0.717, 1.165) is 70.1 Å². The highest BCUT2D eigenvalue weighted by molar-refractivity contribution is 14.0. The minimum absolute atomic E-state index is 0. The van der Waals surface area contributed by atoms with Gasteiger partial charge in [-0.2, -0.15) is 0 Å². The molecule has 0 aliphatic carbocycles. The topological polar surface area (TPSA) is 59.0 Å². The summed E-state index contributed by atoms with van der Waals surface area (Å²) in [5, 5.41) is 6.90. The highest BCUT2D eigenvalue weighted by Gasteiger charge is 2.18. The van der Waals surface area contributed by atoms with Crippen LogP contribution in [0.5, 0.6) is 0 Å². The molecular weight excluding hydrogens is 513 g/mol. The highest BCUT2D eigenvalue weighted by Crippen LogP contribution is 2.17. The van der Waals surface area contributed by atoms with Crippen molar-refractivity contribution in [3.8, 4) is 0 Å². The van der Waals surface area contributed by atoms with E-state index in [1.54, 1.807) is 0 Å². The maximum Gasteiger partial charge on any atom is 0.191 e. The number of hydrogen-bond donors (Lipinski definition) is 2. The van der Waals surface area contributed by atoms with Gasteiger partial charge in [-0.3, -0.25) is 0 Å². The van der Waals surface area contributed by atoms with Gasteiger partial charge in [-0.25, -0.2) is 9.98 Å². The zero-order chi connectivity index (χ0) is 21.9. The van der Waals surface area contributed by atoms with Gasteiger partial charge in [0.15, 0.2) is 5.96 Å². The van der Waals surface area contributed by atoms with E-state index >= 15 is 0 Å².